The largest absolute Gasteiger partial charge is 0.385 e. The first kappa shape index (κ1) is 13.5. The van der Waals surface area contributed by atoms with Crippen LogP contribution in [0, 0.1) is 11.6 Å². The summed E-state index contributed by atoms with van der Waals surface area (Å²) in [4.78, 5) is 0. The van der Waals surface area contributed by atoms with E-state index in [0.717, 1.165) is 0 Å². The monoisotopic (exact) mass is 293 g/mol. The van der Waals surface area contributed by atoms with Gasteiger partial charge in [-0.15, -0.1) is 0 Å². The zero-order chi connectivity index (χ0) is 12.3. The highest BCUT2D eigenvalue weighted by molar-refractivity contribution is 9.10. The van der Waals surface area contributed by atoms with Gasteiger partial charge in [-0.3, -0.25) is 0 Å². The summed E-state index contributed by atoms with van der Waals surface area (Å²) in [5, 5.41) is 0. The standard InChI is InChI=1S/C11H14BrF2NO/c1-11(15,5-6-16-2)9-8(13)4-3-7(12)10(9)14/h3-4H,5-6,15H2,1-2H3. The van der Waals surface area contributed by atoms with E-state index in [2.05, 4.69) is 15.9 Å². The first-order chi connectivity index (χ1) is 7.40. The van der Waals surface area contributed by atoms with Crippen molar-refractivity contribution in [1.29, 1.82) is 0 Å². The lowest BCUT2D eigenvalue weighted by atomic mass is 9.89. The Morgan fingerprint density at radius 1 is 1.44 bits per heavy atom. The van der Waals surface area contributed by atoms with Crippen LogP contribution in [0.3, 0.4) is 0 Å². The molecule has 16 heavy (non-hydrogen) atoms. The van der Waals surface area contributed by atoms with Gasteiger partial charge in [-0.05, 0) is 41.4 Å². The predicted octanol–water partition coefficient (Wildman–Crippen LogP) is 2.94. The topological polar surface area (TPSA) is 35.2 Å². The number of methoxy groups -OCH3 is 1. The molecule has 1 aromatic rings. The number of rotatable bonds is 4. The van der Waals surface area contributed by atoms with Crippen molar-refractivity contribution in [1.82, 2.24) is 0 Å². The van der Waals surface area contributed by atoms with E-state index in [1.165, 1.54) is 19.2 Å². The summed E-state index contributed by atoms with van der Waals surface area (Å²) < 4.78 is 32.4. The van der Waals surface area contributed by atoms with Crippen molar-refractivity contribution in [3.8, 4) is 0 Å². The third-order valence-corrected chi connectivity index (χ3v) is 3.05. The van der Waals surface area contributed by atoms with Crippen LogP contribution >= 0.6 is 15.9 Å². The van der Waals surface area contributed by atoms with Crippen LogP contribution < -0.4 is 5.73 Å². The average molecular weight is 294 g/mol. The van der Waals surface area contributed by atoms with Crippen LogP contribution in [-0.4, -0.2) is 13.7 Å². The van der Waals surface area contributed by atoms with Crippen molar-refractivity contribution in [3.05, 3.63) is 33.8 Å². The van der Waals surface area contributed by atoms with Crippen molar-refractivity contribution >= 4 is 15.9 Å². The van der Waals surface area contributed by atoms with Crippen LogP contribution in [0.5, 0.6) is 0 Å². The lowest BCUT2D eigenvalue weighted by Crippen LogP contribution is -2.36. The molecule has 1 atom stereocenters. The molecular formula is C11H14BrF2NO. The van der Waals surface area contributed by atoms with E-state index in [-0.39, 0.29) is 10.0 Å². The van der Waals surface area contributed by atoms with Crippen LogP contribution in [-0.2, 0) is 10.3 Å². The van der Waals surface area contributed by atoms with Crippen molar-refractivity contribution in [2.75, 3.05) is 13.7 Å². The van der Waals surface area contributed by atoms with E-state index in [0.29, 0.717) is 13.0 Å². The van der Waals surface area contributed by atoms with Gasteiger partial charge in [-0.2, -0.15) is 0 Å². The number of nitrogens with two attached hydrogens (primary N) is 1. The Bertz CT molecular complexity index is 382. The number of hydrogen-bond acceptors (Lipinski definition) is 2. The van der Waals surface area contributed by atoms with E-state index in [1.54, 1.807) is 6.92 Å². The first-order valence-electron chi connectivity index (χ1n) is 4.82. The molecule has 0 aliphatic rings. The van der Waals surface area contributed by atoms with Crippen molar-refractivity contribution in [3.63, 3.8) is 0 Å². The molecule has 0 spiro atoms. The lowest BCUT2D eigenvalue weighted by molar-refractivity contribution is 0.169. The molecule has 5 heteroatoms. The molecule has 1 unspecified atom stereocenters. The van der Waals surface area contributed by atoms with E-state index in [4.69, 9.17) is 10.5 Å². The molecule has 0 aliphatic carbocycles. The summed E-state index contributed by atoms with van der Waals surface area (Å²) in [5.41, 5.74) is 4.71. The SMILES string of the molecule is COCCC(C)(N)c1c(F)ccc(Br)c1F. The van der Waals surface area contributed by atoms with Gasteiger partial charge in [0.15, 0.2) is 0 Å². The fourth-order valence-electron chi connectivity index (χ4n) is 1.49. The minimum atomic E-state index is -1.09. The van der Waals surface area contributed by atoms with Gasteiger partial charge in [0.1, 0.15) is 11.6 Å². The Morgan fingerprint density at radius 3 is 2.62 bits per heavy atom. The molecule has 0 bridgehead atoms. The Morgan fingerprint density at radius 2 is 2.06 bits per heavy atom. The van der Waals surface area contributed by atoms with E-state index < -0.39 is 17.2 Å². The molecule has 0 heterocycles. The number of benzene rings is 1. The minimum Gasteiger partial charge on any atom is -0.385 e. The van der Waals surface area contributed by atoms with Crippen molar-refractivity contribution < 1.29 is 13.5 Å². The predicted molar refractivity (Wildman–Crippen MR) is 62.1 cm³/mol. The second-order valence-electron chi connectivity index (χ2n) is 3.88. The molecule has 0 saturated heterocycles. The molecule has 0 aromatic heterocycles. The maximum Gasteiger partial charge on any atom is 0.145 e. The lowest BCUT2D eigenvalue weighted by Gasteiger charge is -2.26. The normalized spacial score (nSPS) is 14.9. The summed E-state index contributed by atoms with van der Waals surface area (Å²) in [5.74, 6) is -1.29. The fraction of sp³-hybridized carbons (Fsp3) is 0.455. The summed E-state index contributed by atoms with van der Waals surface area (Å²) >= 11 is 3.01. The maximum atomic E-state index is 13.8. The van der Waals surface area contributed by atoms with Gasteiger partial charge < -0.3 is 10.5 Å². The molecule has 0 saturated carbocycles. The van der Waals surface area contributed by atoms with E-state index in [9.17, 15) is 8.78 Å². The molecule has 1 aromatic carbocycles. The molecule has 0 radical (unpaired) electrons. The Labute approximate surface area is 102 Å². The fourth-order valence-corrected chi connectivity index (χ4v) is 1.82. The number of halogens is 3. The Hall–Kier alpha value is -0.520. The molecule has 2 N–H and O–H groups in total. The Kier molecular flexibility index (Phi) is 4.41. The molecule has 0 fully saturated rings. The van der Waals surface area contributed by atoms with E-state index in [1.807, 2.05) is 0 Å². The van der Waals surface area contributed by atoms with Crippen LogP contribution in [0.25, 0.3) is 0 Å². The molecule has 1 rings (SSSR count). The summed E-state index contributed by atoms with van der Waals surface area (Å²) in [6.45, 7) is 1.93. The summed E-state index contributed by atoms with van der Waals surface area (Å²) in [7, 11) is 1.52. The maximum absolute atomic E-state index is 13.8. The number of hydrogen-bond donors (Lipinski definition) is 1. The summed E-state index contributed by atoms with van der Waals surface area (Å²) in [6, 6.07) is 2.51. The van der Waals surface area contributed by atoms with Gasteiger partial charge in [-0.1, -0.05) is 0 Å². The van der Waals surface area contributed by atoms with Crippen molar-refractivity contribution in [2.45, 2.75) is 18.9 Å². The smallest absolute Gasteiger partial charge is 0.145 e. The Balaban J connectivity index is 3.15. The quantitative estimate of drug-likeness (QED) is 0.867. The zero-order valence-corrected chi connectivity index (χ0v) is 10.8. The van der Waals surface area contributed by atoms with Gasteiger partial charge >= 0.3 is 0 Å². The highest BCUT2D eigenvalue weighted by Gasteiger charge is 2.29. The average Bonchev–Trinajstić information content (AvgIpc) is 2.21. The molecule has 0 aliphatic heterocycles. The number of ether oxygens (including phenoxy) is 1. The second-order valence-corrected chi connectivity index (χ2v) is 4.73. The van der Waals surface area contributed by atoms with Gasteiger partial charge in [0, 0.05) is 24.8 Å². The molecular weight excluding hydrogens is 280 g/mol. The third-order valence-electron chi connectivity index (χ3n) is 2.44. The minimum absolute atomic E-state index is 0.112. The van der Waals surface area contributed by atoms with E-state index >= 15 is 0 Å². The highest BCUT2D eigenvalue weighted by atomic mass is 79.9. The van der Waals surface area contributed by atoms with Crippen LogP contribution in [0.15, 0.2) is 16.6 Å². The van der Waals surface area contributed by atoms with Gasteiger partial charge in [0.25, 0.3) is 0 Å². The zero-order valence-electron chi connectivity index (χ0n) is 9.19. The van der Waals surface area contributed by atoms with Crippen LogP contribution in [0.2, 0.25) is 0 Å². The van der Waals surface area contributed by atoms with Gasteiger partial charge in [0.05, 0.1) is 4.47 Å². The van der Waals surface area contributed by atoms with Gasteiger partial charge in [0.2, 0.25) is 0 Å². The van der Waals surface area contributed by atoms with Crippen LogP contribution in [0.1, 0.15) is 18.9 Å². The van der Waals surface area contributed by atoms with Crippen molar-refractivity contribution in [2.24, 2.45) is 5.73 Å². The second kappa shape index (κ2) is 5.21. The van der Waals surface area contributed by atoms with Gasteiger partial charge in [-0.25, -0.2) is 8.78 Å². The molecule has 2 nitrogen and oxygen atoms in total. The summed E-state index contributed by atoms with van der Waals surface area (Å²) in [6.07, 6.45) is 0.341. The highest BCUT2D eigenvalue weighted by Crippen LogP contribution is 2.31. The molecule has 0 amide bonds. The third kappa shape index (κ3) is 2.78. The molecule has 90 valence electrons. The van der Waals surface area contributed by atoms with Crippen LogP contribution in [0.4, 0.5) is 8.78 Å². The first-order valence-corrected chi connectivity index (χ1v) is 5.61.